The summed E-state index contributed by atoms with van der Waals surface area (Å²) in [4.78, 5) is 53.6. The third-order valence-electron chi connectivity index (χ3n) is 6.44. The van der Waals surface area contributed by atoms with Gasteiger partial charge in [0.15, 0.2) is 0 Å². The molecule has 0 aliphatic rings. The zero-order chi connectivity index (χ0) is 28.7. The number of carboxylic acids is 1. The first-order valence-electron chi connectivity index (χ1n) is 12.7. The van der Waals surface area contributed by atoms with E-state index in [1.807, 2.05) is 24.3 Å². The number of hydrogen-bond donors (Lipinski definition) is 7. The minimum Gasteiger partial charge on any atom is -0.508 e. The van der Waals surface area contributed by atoms with Gasteiger partial charge in [-0.05, 0) is 48.6 Å². The van der Waals surface area contributed by atoms with E-state index < -0.39 is 53.8 Å². The van der Waals surface area contributed by atoms with Gasteiger partial charge in [0.05, 0.1) is 6.04 Å². The fourth-order valence-corrected chi connectivity index (χ4v) is 4.16. The van der Waals surface area contributed by atoms with Gasteiger partial charge in [-0.1, -0.05) is 44.2 Å². The number of H-pyrrole nitrogens is 1. The van der Waals surface area contributed by atoms with Crippen molar-refractivity contribution in [3.63, 3.8) is 0 Å². The van der Waals surface area contributed by atoms with Crippen LogP contribution in [0.15, 0.2) is 54.7 Å². The van der Waals surface area contributed by atoms with Gasteiger partial charge >= 0.3 is 5.97 Å². The van der Waals surface area contributed by atoms with Gasteiger partial charge in [-0.15, -0.1) is 0 Å². The lowest BCUT2D eigenvalue weighted by atomic mass is 10.0. The van der Waals surface area contributed by atoms with Gasteiger partial charge < -0.3 is 36.9 Å². The summed E-state index contributed by atoms with van der Waals surface area (Å²) in [6.45, 7) is 4.78. The predicted octanol–water partition coefficient (Wildman–Crippen LogP) is 1.20. The van der Waals surface area contributed by atoms with Crippen molar-refractivity contribution in [2.45, 2.75) is 57.8 Å². The summed E-state index contributed by atoms with van der Waals surface area (Å²) in [6.07, 6.45) is 2.08. The second-order valence-corrected chi connectivity index (χ2v) is 9.90. The molecule has 208 valence electrons. The summed E-state index contributed by atoms with van der Waals surface area (Å²) >= 11 is 0. The topological polar surface area (TPSA) is 187 Å². The highest BCUT2D eigenvalue weighted by molar-refractivity contribution is 5.94. The number of carbonyl (C=O) groups is 4. The van der Waals surface area contributed by atoms with Crippen LogP contribution in [0.4, 0.5) is 0 Å². The number of para-hydroxylation sites is 1. The maximum atomic E-state index is 13.1. The molecule has 0 saturated carbocycles. The van der Waals surface area contributed by atoms with E-state index in [0.717, 1.165) is 16.5 Å². The van der Waals surface area contributed by atoms with Crippen molar-refractivity contribution in [3.05, 3.63) is 65.9 Å². The summed E-state index contributed by atoms with van der Waals surface area (Å²) < 4.78 is 0. The molecule has 1 aromatic heterocycles. The monoisotopic (exact) mass is 537 g/mol. The zero-order valence-corrected chi connectivity index (χ0v) is 22.1. The number of benzene rings is 2. The van der Waals surface area contributed by atoms with E-state index in [1.165, 1.54) is 19.1 Å². The molecule has 4 unspecified atom stereocenters. The lowest BCUT2D eigenvalue weighted by Crippen LogP contribution is -2.57. The molecule has 8 N–H and O–H groups in total. The Bertz CT molecular complexity index is 1320. The highest BCUT2D eigenvalue weighted by atomic mass is 16.4. The standard InChI is InChI=1S/C28H35N5O6/c1-15(2)24(28(38)39)33-27(37)23(12-17-8-10-19(34)11-9-17)32-25(35)16(3)31-26(36)21(29)13-18-14-30-22-7-5-4-6-20(18)22/h4-11,14-16,21,23-24,30,34H,12-13,29H2,1-3H3,(H,31,36)(H,32,35)(H,33,37)(H,38,39). The number of rotatable bonds is 12. The molecule has 0 fully saturated rings. The van der Waals surface area contributed by atoms with Crippen LogP contribution in [0.5, 0.6) is 5.75 Å². The molecule has 3 aromatic rings. The Morgan fingerprint density at radius 2 is 1.54 bits per heavy atom. The molecule has 0 aliphatic carbocycles. The molecule has 0 aliphatic heterocycles. The fourth-order valence-electron chi connectivity index (χ4n) is 4.16. The maximum absolute atomic E-state index is 13.1. The van der Waals surface area contributed by atoms with Crippen LogP contribution in [0.1, 0.15) is 31.9 Å². The van der Waals surface area contributed by atoms with E-state index in [2.05, 4.69) is 20.9 Å². The molecule has 1 heterocycles. The van der Waals surface area contributed by atoms with Crippen LogP contribution < -0.4 is 21.7 Å². The number of nitrogens with one attached hydrogen (secondary N) is 4. The van der Waals surface area contributed by atoms with Gasteiger partial charge in [-0.2, -0.15) is 0 Å². The van der Waals surface area contributed by atoms with Crippen LogP contribution in [-0.4, -0.2) is 63.1 Å². The number of aromatic hydroxyl groups is 1. The predicted molar refractivity (Wildman–Crippen MR) is 146 cm³/mol. The molecule has 0 bridgehead atoms. The van der Waals surface area contributed by atoms with E-state index >= 15 is 0 Å². The molecular weight excluding hydrogens is 502 g/mol. The summed E-state index contributed by atoms with van der Waals surface area (Å²) in [7, 11) is 0. The largest absolute Gasteiger partial charge is 0.508 e. The highest BCUT2D eigenvalue weighted by Gasteiger charge is 2.30. The Kier molecular flexibility index (Phi) is 9.67. The number of carboxylic acid groups (broad SMARTS) is 1. The van der Waals surface area contributed by atoms with Crippen LogP contribution in [0, 0.1) is 5.92 Å². The quantitative estimate of drug-likeness (QED) is 0.181. The minimum absolute atomic E-state index is 0.0308. The van der Waals surface area contributed by atoms with Crippen molar-refractivity contribution >= 4 is 34.6 Å². The Hall–Kier alpha value is -4.38. The fraction of sp³-hybridized carbons (Fsp3) is 0.357. The molecule has 0 saturated heterocycles. The summed E-state index contributed by atoms with van der Waals surface area (Å²) in [6, 6.07) is 9.46. The number of aromatic amines is 1. The Morgan fingerprint density at radius 3 is 2.18 bits per heavy atom. The molecule has 2 aromatic carbocycles. The second kappa shape index (κ2) is 12.9. The average molecular weight is 538 g/mol. The lowest BCUT2D eigenvalue weighted by Gasteiger charge is -2.25. The van der Waals surface area contributed by atoms with Crippen molar-refractivity contribution in [1.29, 1.82) is 0 Å². The number of carbonyl (C=O) groups excluding carboxylic acids is 3. The molecule has 4 atom stereocenters. The van der Waals surface area contributed by atoms with Crippen molar-refractivity contribution < 1.29 is 29.4 Å². The normalized spacial score (nSPS) is 14.3. The van der Waals surface area contributed by atoms with Gasteiger partial charge in [0.2, 0.25) is 17.7 Å². The van der Waals surface area contributed by atoms with Gasteiger partial charge in [0.25, 0.3) is 0 Å². The lowest BCUT2D eigenvalue weighted by molar-refractivity contribution is -0.143. The van der Waals surface area contributed by atoms with Crippen LogP contribution >= 0.6 is 0 Å². The summed E-state index contributed by atoms with van der Waals surface area (Å²) in [5, 5.41) is 27.7. The first-order chi connectivity index (χ1) is 18.5. The van der Waals surface area contributed by atoms with E-state index in [9.17, 15) is 29.4 Å². The summed E-state index contributed by atoms with van der Waals surface area (Å²) in [5.74, 6) is -3.42. The van der Waals surface area contributed by atoms with Crippen LogP contribution in [0.2, 0.25) is 0 Å². The molecule has 39 heavy (non-hydrogen) atoms. The zero-order valence-electron chi connectivity index (χ0n) is 22.1. The van der Waals surface area contributed by atoms with Gasteiger partial charge in [-0.25, -0.2) is 4.79 Å². The van der Waals surface area contributed by atoms with Crippen molar-refractivity contribution in [1.82, 2.24) is 20.9 Å². The molecular formula is C28H35N5O6. The molecule has 3 rings (SSSR count). The first-order valence-corrected chi connectivity index (χ1v) is 12.7. The minimum atomic E-state index is -1.20. The van der Waals surface area contributed by atoms with Gasteiger partial charge in [-0.3, -0.25) is 14.4 Å². The maximum Gasteiger partial charge on any atom is 0.326 e. The third-order valence-corrected chi connectivity index (χ3v) is 6.44. The van der Waals surface area contributed by atoms with E-state index in [0.29, 0.717) is 5.56 Å². The van der Waals surface area contributed by atoms with Crippen LogP contribution in [-0.2, 0) is 32.0 Å². The smallest absolute Gasteiger partial charge is 0.326 e. The Labute approximate surface area is 226 Å². The van der Waals surface area contributed by atoms with E-state index in [4.69, 9.17) is 5.73 Å². The Balaban J connectivity index is 1.67. The number of hydrogen-bond acceptors (Lipinski definition) is 6. The number of aliphatic carboxylic acids is 1. The number of fused-ring (bicyclic) bond motifs is 1. The molecule has 0 radical (unpaired) electrons. The average Bonchev–Trinajstić information content (AvgIpc) is 3.30. The number of nitrogens with two attached hydrogens (primary N) is 1. The second-order valence-electron chi connectivity index (χ2n) is 9.90. The molecule has 11 heteroatoms. The molecule has 0 spiro atoms. The SMILES string of the molecule is CC(NC(=O)C(N)Cc1c[nH]c2ccccc12)C(=O)NC(Cc1ccc(O)cc1)C(=O)NC(C(=O)O)C(C)C. The van der Waals surface area contributed by atoms with Crippen molar-refractivity contribution in [2.75, 3.05) is 0 Å². The van der Waals surface area contributed by atoms with E-state index in [1.54, 1.807) is 32.2 Å². The van der Waals surface area contributed by atoms with Gasteiger partial charge in [0, 0.05) is 23.5 Å². The van der Waals surface area contributed by atoms with Crippen LogP contribution in [0.25, 0.3) is 10.9 Å². The highest BCUT2D eigenvalue weighted by Crippen LogP contribution is 2.19. The first kappa shape index (κ1) is 29.2. The number of amides is 3. The van der Waals surface area contributed by atoms with Crippen molar-refractivity contribution in [2.24, 2.45) is 11.7 Å². The van der Waals surface area contributed by atoms with Crippen LogP contribution in [0.3, 0.4) is 0 Å². The third kappa shape index (κ3) is 7.81. The molecule has 3 amide bonds. The van der Waals surface area contributed by atoms with E-state index in [-0.39, 0.29) is 18.6 Å². The Morgan fingerprint density at radius 1 is 0.872 bits per heavy atom. The number of phenolic OH excluding ortho intramolecular Hbond substituents is 1. The van der Waals surface area contributed by atoms with Gasteiger partial charge in [0.1, 0.15) is 23.9 Å². The number of aromatic nitrogens is 1. The molecule has 11 nitrogen and oxygen atoms in total. The van der Waals surface area contributed by atoms with Crippen molar-refractivity contribution in [3.8, 4) is 5.75 Å². The number of phenols is 1. The summed E-state index contributed by atoms with van der Waals surface area (Å²) in [5.41, 5.74) is 8.55.